The number of carbonyl (C=O) groups excluding carboxylic acids is 1. The number of nitrogens with zero attached hydrogens (tertiary/aromatic N) is 2. The Kier molecular flexibility index (Phi) is 6.11. The molecule has 5 nitrogen and oxygen atoms in total. The van der Waals surface area contributed by atoms with Gasteiger partial charge in [-0.05, 0) is 55.9 Å². The largest absolute Gasteiger partial charge is 0.342 e. The highest BCUT2D eigenvalue weighted by molar-refractivity contribution is 7.88. The molecule has 1 atom stereocenters. The number of sulfonamides is 1. The van der Waals surface area contributed by atoms with Gasteiger partial charge in [0.05, 0.1) is 5.75 Å². The average Bonchev–Trinajstić information content (AvgIpc) is 2.74. The van der Waals surface area contributed by atoms with Crippen molar-refractivity contribution >= 4 is 15.9 Å². The lowest BCUT2D eigenvalue weighted by molar-refractivity contribution is -0.140. The van der Waals surface area contributed by atoms with E-state index in [1.807, 2.05) is 30.3 Å². The molecule has 0 saturated carbocycles. The van der Waals surface area contributed by atoms with E-state index in [-0.39, 0.29) is 23.0 Å². The third-order valence-corrected chi connectivity index (χ3v) is 8.77. The molecule has 29 heavy (non-hydrogen) atoms. The Bertz CT molecular complexity index is 844. The van der Waals surface area contributed by atoms with Crippen molar-refractivity contribution in [2.24, 2.45) is 11.3 Å². The van der Waals surface area contributed by atoms with E-state index in [1.165, 1.54) is 12.8 Å². The smallest absolute Gasteiger partial charge is 0.225 e. The monoisotopic (exact) mass is 416 g/mol. The minimum Gasteiger partial charge on any atom is -0.342 e. The van der Waals surface area contributed by atoms with E-state index in [1.54, 1.807) is 4.31 Å². The summed E-state index contributed by atoms with van der Waals surface area (Å²) in [5.41, 5.74) is 1.09. The zero-order valence-corrected chi connectivity index (χ0v) is 17.9. The topological polar surface area (TPSA) is 57.7 Å². The van der Waals surface area contributed by atoms with Crippen LogP contribution in [0.2, 0.25) is 0 Å². The van der Waals surface area contributed by atoms with Crippen molar-refractivity contribution in [3.63, 3.8) is 0 Å². The van der Waals surface area contributed by atoms with Crippen LogP contribution in [-0.2, 0) is 20.6 Å². The summed E-state index contributed by atoms with van der Waals surface area (Å²) in [5, 5.41) is 0. The lowest BCUT2D eigenvalue weighted by Crippen LogP contribution is -2.50. The third kappa shape index (κ3) is 4.75. The van der Waals surface area contributed by atoms with Crippen molar-refractivity contribution in [2.45, 2.75) is 50.7 Å². The average molecular weight is 417 g/mol. The van der Waals surface area contributed by atoms with Crippen LogP contribution in [0, 0.1) is 11.3 Å². The first-order valence-corrected chi connectivity index (χ1v) is 12.5. The van der Waals surface area contributed by atoms with Crippen molar-refractivity contribution in [1.29, 1.82) is 0 Å². The third-order valence-electron chi connectivity index (χ3n) is 6.92. The van der Waals surface area contributed by atoms with Crippen molar-refractivity contribution in [3.8, 4) is 0 Å². The van der Waals surface area contributed by atoms with E-state index < -0.39 is 10.0 Å². The molecule has 1 aromatic rings. The van der Waals surface area contributed by atoms with E-state index >= 15 is 0 Å². The number of hydrogen-bond donors (Lipinski definition) is 0. The van der Waals surface area contributed by atoms with E-state index in [4.69, 9.17) is 0 Å². The fourth-order valence-electron chi connectivity index (χ4n) is 5.22. The zero-order chi connectivity index (χ0) is 20.3. The summed E-state index contributed by atoms with van der Waals surface area (Å²) < 4.78 is 27.1. The van der Waals surface area contributed by atoms with E-state index in [9.17, 15) is 13.2 Å². The molecule has 0 N–H and O–H groups in total. The summed E-state index contributed by atoms with van der Waals surface area (Å²) in [6.07, 6.45) is 11.5. The van der Waals surface area contributed by atoms with Crippen LogP contribution in [0.3, 0.4) is 0 Å². The Labute approximate surface area is 174 Å². The van der Waals surface area contributed by atoms with Gasteiger partial charge in [0.1, 0.15) is 0 Å². The highest BCUT2D eigenvalue weighted by Crippen LogP contribution is 2.41. The van der Waals surface area contributed by atoms with E-state index in [0.717, 1.165) is 37.9 Å². The van der Waals surface area contributed by atoms with Gasteiger partial charge in [-0.3, -0.25) is 4.79 Å². The summed E-state index contributed by atoms with van der Waals surface area (Å²) in [6.45, 7) is 2.64. The molecule has 0 bridgehead atoms. The SMILES string of the molecule is O=C(C1CCN(S(=O)(=O)Cc2ccccc2)CC1)N1CCCC2(CC=CCC2)C1. The van der Waals surface area contributed by atoms with E-state index in [2.05, 4.69) is 17.1 Å². The molecule has 1 aliphatic carbocycles. The number of rotatable bonds is 4. The van der Waals surface area contributed by atoms with Gasteiger partial charge in [0.15, 0.2) is 0 Å². The first-order chi connectivity index (χ1) is 14.0. The second kappa shape index (κ2) is 8.60. The fourth-order valence-corrected chi connectivity index (χ4v) is 6.79. The Morgan fingerprint density at radius 3 is 2.48 bits per heavy atom. The molecule has 1 spiro atoms. The van der Waals surface area contributed by atoms with Crippen LogP contribution in [0.15, 0.2) is 42.5 Å². The molecule has 2 fully saturated rings. The zero-order valence-electron chi connectivity index (χ0n) is 17.1. The summed E-state index contributed by atoms with van der Waals surface area (Å²) in [6, 6.07) is 9.31. The van der Waals surface area contributed by atoms with Gasteiger partial charge in [-0.1, -0.05) is 42.5 Å². The molecule has 0 aromatic heterocycles. The molecule has 158 valence electrons. The molecule has 2 saturated heterocycles. The summed E-state index contributed by atoms with van der Waals surface area (Å²) >= 11 is 0. The van der Waals surface area contributed by atoms with Gasteiger partial charge in [0.25, 0.3) is 0 Å². The molecule has 0 radical (unpaired) electrons. The number of benzene rings is 1. The number of piperidine rings is 2. The molecular weight excluding hydrogens is 384 g/mol. The predicted molar refractivity (Wildman–Crippen MR) is 115 cm³/mol. The fraction of sp³-hybridized carbons (Fsp3) is 0.609. The molecule has 4 rings (SSSR count). The van der Waals surface area contributed by atoms with Crippen molar-refractivity contribution in [1.82, 2.24) is 9.21 Å². The Morgan fingerprint density at radius 1 is 1.03 bits per heavy atom. The second-order valence-electron chi connectivity index (χ2n) is 8.99. The minimum atomic E-state index is -3.33. The van der Waals surface area contributed by atoms with Crippen LogP contribution in [0.5, 0.6) is 0 Å². The van der Waals surface area contributed by atoms with Gasteiger partial charge in [-0.25, -0.2) is 12.7 Å². The quantitative estimate of drug-likeness (QED) is 0.705. The highest BCUT2D eigenvalue weighted by atomic mass is 32.2. The van der Waals surface area contributed by atoms with E-state index in [0.29, 0.717) is 25.9 Å². The number of likely N-dealkylation sites (tertiary alicyclic amines) is 1. The lowest BCUT2D eigenvalue weighted by atomic mass is 9.71. The molecule has 2 aliphatic heterocycles. The van der Waals surface area contributed by atoms with Gasteiger partial charge < -0.3 is 4.90 Å². The first-order valence-electron chi connectivity index (χ1n) is 10.9. The van der Waals surface area contributed by atoms with Crippen LogP contribution < -0.4 is 0 Å². The Balaban J connectivity index is 1.33. The highest BCUT2D eigenvalue weighted by Gasteiger charge is 2.39. The summed E-state index contributed by atoms with van der Waals surface area (Å²) in [7, 11) is -3.33. The van der Waals surface area contributed by atoms with Crippen LogP contribution in [0.25, 0.3) is 0 Å². The maximum absolute atomic E-state index is 13.2. The van der Waals surface area contributed by atoms with Crippen molar-refractivity contribution < 1.29 is 13.2 Å². The van der Waals surface area contributed by atoms with Crippen LogP contribution in [0.4, 0.5) is 0 Å². The van der Waals surface area contributed by atoms with Gasteiger partial charge in [-0.15, -0.1) is 0 Å². The number of amides is 1. The normalized spacial score (nSPS) is 26.7. The lowest BCUT2D eigenvalue weighted by Gasteiger charge is -2.45. The van der Waals surface area contributed by atoms with Gasteiger partial charge in [-0.2, -0.15) is 0 Å². The van der Waals surface area contributed by atoms with Crippen molar-refractivity contribution in [2.75, 3.05) is 26.2 Å². The molecule has 6 heteroatoms. The number of carbonyl (C=O) groups is 1. The van der Waals surface area contributed by atoms with Crippen LogP contribution in [0.1, 0.15) is 50.5 Å². The number of allylic oxidation sites excluding steroid dienone is 2. The summed E-state index contributed by atoms with van der Waals surface area (Å²) in [5.74, 6) is 0.250. The number of hydrogen-bond acceptors (Lipinski definition) is 3. The minimum absolute atomic E-state index is 0.0348. The molecule has 1 amide bonds. The standard InChI is InChI=1S/C23H32N2O3S/c26-22(24-15-7-14-23(19-24)12-5-2-6-13-23)21-10-16-25(17-11-21)29(27,28)18-20-8-3-1-4-9-20/h1-5,8-9,21H,6-7,10-19H2. The molecule has 2 heterocycles. The first kappa shape index (κ1) is 20.6. The van der Waals surface area contributed by atoms with Crippen LogP contribution in [-0.4, -0.2) is 49.7 Å². The predicted octanol–water partition coefficient (Wildman–Crippen LogP) is 3.58. The second-order valence-corrected chi connectivity index (χ2v) is 11.0. The van der Waals surface area contributed by atoms with Crippen LogP contribution >= 0.6 is 0 Å². The molecule has 1 unspecified atom stereocenters. The van der Waals surface area contributed by atoms with Gasteiger partial charge >= 0.3 is 0 Å². The van der Waals surface area contributed by atoms with Gasteiger partial charge in [0.2, 0.25) is 15.9 Å². The molecule has 1 aromatic carbocycles. The molecular formula is C23H32N2O3S. The summed E-state index contributed by atoms with van der Waals surface area (Å²) in [4.78, 5) is 15.3. The Morgan fingerprint density at radius 2 is 1.79 bits per heavy atom. The maximum Gasteiger partial charge on any atom is 0.225 e. The Hall–Kier alpha value is -1.66. The molecule has 3 aliphatic rings. The van der Waals surface area contributed by atoms with Gasteiger partial charge in [0, 0.05) is 32.1 Å². The van der Waals surface area contributed by atoms with Crippen molar-refractivity contribution in [3.05, 3.63) is 48.0 Å². The maximum atomic E-state index is 13.2.